The molecular weight excluding hydrogens is 392 g/mol. The third kappa shape index (κ3) is 4.82. The first-order valence-corrected chi connectivity index (χ1v) is 11.2. The predicted octanol–water partition coefficient (Wildman–Crippen LogP) is 3.77. The SMILES string of the molecule is CCCNC(=O)OCC1CC2CCN1CC2c1cc(-c2ccccc2OC)nc(C)n1. The lowest BCUT2D eigenvalue weighted by Crippen LogP contribution is -2.54. The fourth-order valence-electron chi connectivity index (χ4n) is 4.87. The summed E-state index contributed by atoms with van der Waals surface area (Å²) in [5, 5.41) is 2.78. The van der Waals surface area contributed by atoms with Crippen LogP contribution < -0.4 is 10.1 Å². The molecule has 3 fully saturated rings. The Kier molecular flexibility index (Phi) is 6.70. The molecule has 2 aromatic rings. The number of carbonyl (C=O) groups excluding carboxylic acids is 1. The summed E-state index contributed by atoms with van der Waals surface area (Å²) in [6, 6.07) is 10.4. The molecule has 7 nitrogen and oxygen atoms in total. The second kappa shape index (κ2) is 9.64. The van der Waals surface area contributed by atoms with Crippen LogP contribution in [0.4, 0.5) is 4.79 Å². The van der Waals surface area contributed by atoms with Crippen LogP contribution in [0.2, 0.25) is 0 Å². The van der Waals surface area contributed by atoms with Crippen LogP contribution in [0.1, 0.15) is 43.6 Å². The molecular formula is C24H32N4O3. The van der Waals surface area contributed by atoms with Gasteiger partial charge < -0.3 is 14.8 Å². The zero-order chi connectivity index (χ0) is 21.8. The van der Waals surface area contributed by atoms with Crippen molar-refractivity contribution in [3.63, 3.8) is 0 Å². The maximum absolute atomic E-state index is 11.8. The van der Waals surface area contributed by atoms with Gasteiger partial charge in [-0.05, 0) is 56.8 Å². The Morgan fingerprint density at radius 1 is 1.29 bits per heavy atom. The minimum absolute atomic E-state index is 0.291. The van der Waals surface area contributed by atoms with Gasteiger partial charge in [-0.25, -0.2) is 14.8 Å². The number of aryl methyl sites for hydroxylation is 1. The summed E-state index contributed by atoms with van der Waals surface area (Å²) in [5.74, 6) is 2.51. The zero-order valence-electron chi connectivity index (χ0n) is 18.6. The number of hydrogen-bond acceptors (Lipinski definition) is 6. The first-order valence-electron chi connectivity index (χ1n) is 11.2. The van der Waals surface area contributed by atoms with E-state index in [1.165, 1.54) is 0 Å². The Morgan fingerprint density at radius 3 is 2.87 bits per heavy atom. The number of amides is 1. The Morgan fingerprint density at radius 2 is 2.13 bits per heavy atom. The minimum atomic E-state index is -0.311. The molecule has 4 unspecified atom stereocenters. The number of methoxy groups -OCH3 is 1. The van der Waals surface area contributed by atoms with Crippen molar-refractivity contribution < 1.29 is 14.3 Å². The summed E-state index contributed by atoms with van der Waals surface area (Å²) in [7, 11) is 1.69. The molecule has 1 N–H and O–H groups in total. The molecule has 0 radical (unpaired) electrons. The number of hydrogen-bond donors (Lipinski definition) is 1. The lowest BCUT2D eigenvalue weighted by Gasteiger charge is -2.49. The van der Waals surface area contributed by atoms with Crippen molar-refractivity contribution in [3.05, 3.63) is 41.9 Å². The Bertz CT molecular complexity index is 919. The van der Waals surface area contributed by atoms with Gasteiger partial charge in [0.25, 0.3) is 0 Å². The number of ether oxygens (including phenoxy) is 2. The van der Waals surface area contributed by atoms with Gasteiger partial charge in [-0.1, -0.05) is 19.1 Å². The monoisotopic (exact) mass is 424 g/mol. The molecule has 1 aromatic carbocycles. The highest BCUT2D eigenvalue weighted by atomic mass is 16.5. The van der Waals surface area contributed by atoms with E-state index in [0.717, 1.165) is 60.9 Å². The number of alkyl carbamates (subject to hydrolysis) is 1. The van der Waals surface area contributed by atoms with Crippen LogP contribution in [0.5, 0.6) is 5.75 Å². The molecule has 3 aliphatic rings. The average molecular weight is 425 g/mol. The van der Waals surface area contributed by atoms with E-state index >= 15 is 0 Å². The highest BCUT2D eigenvalue weighted by molar-refractivity contribution is 5.67. The van der Waals surface area contributed by atoms with E-state index in [4.69, 9.17) is 14.5 Å². The molecule has 2 bridgehead atoms. The maximum atomic E-state index is 11.8. The van der Waals surface area contributed by atoms with E-state index in [0.29, 0.717) is 31.0 Å². The third-order valence-electron chi connectivity index (χ3n) is 6.43. The van der Waals surface area contributed by atoms with E-state index in [9.17, 15) is 4.79 Å². The van der Waals surface area contributed by atoms with Crippen LogP contribution in [0, 0.1) is 12.8 Å². The van der Waals surface area contributed by atoms with Gasteiger partial charge in [0.2, 0.25) is 0 Å². The summed E-state index contributed by atoms with van der Waals surface area (Å²) in [4.78, 5) is 23.8. The summed E-state index contributed by atoms with van der Waals surface area (Å²) in [6.07, 6.45) is 2.77. The molecule has 7 heteroatoms. The maximum Gasteiger partial charge on any atom is 0.407 e. The molecule has 3 aliphatic heterocycles. The number of rotatable bonds is 7. The number of para-hydroxylation sites is 1. The van der Waals surface area contributed by atoms with Crippen molar-refractivity contribution >= 4 is 6.09 Å². The number of piperidine rings is 3. The second-order valence-corrected chi connectivity index (χ2v) is 8.49. The fraction of sp³-hybridized carbons (Fsp3) is 0.542. The van der Waals surface area contributed by atoms with Crippen molar-refractivity contribution in [2.45, 2.75) is 45.1 Å². The van der Waals surface area contributed by atoms with Gasteiger partial charge in [-0.15, -0.1) is 0 Å². The van der Waals surface area contributed by atoms with Crippen LogP contribution in [0.15, 0.2) is 30.3 Å². The van der Waals surface area contributed by atoms with Gasteiger partial charge in [0, 0.05) is 36.3 Å². The molecule has 166 valence electrons. The Hall–Kier alpha value is -2.67. The molecule has 1 aromatic heterocycles. The smallest absolute Gasteiger partial charge is 0.407 e. The molecule has 3 saturated heterocycles. The van der Waals surface area contributed by atoms with Crippen molar-refractivity contribution in [2.24, 2.45) is 5.92 Å². The first kappa shape index (κ1) is 21.6. The van der Waals surface area contributed by atoms with E-state index in [1.807, 2.05) is 38.1 Å². The average Bonchev–Trinajstić information content (AvgIpc) is 2.81. The summed E-state index contributed by atoms with van der Waals surface area (Å²) in [6.45, 7) is 7.08. The number of nitrogens with one attached hydrogen (secondary N) is 1. The molecule has 0 spiro atoms. The predicted molar refractivity (Wildman–Crippen MR) is 119 cm³/mol. The van der Waals surface area contributed by atoms with Crippen molar-refractivity contribution in [1.82, 2.24) is 20.2 Å². The van der Waals surface area contributed by atoms with Gasteiger partial charge in [-0.2, -0.15) is 0 Å². The minimum Gasteiger partial charge on any atom is -0.496 e. The summed E-state index contributed by atoms with van der Waals surface area (Å²) in [5.41, 5.74) is 2.99. The van der Waals surface area contributed by atoms with Crippen molar-refractivity contribution in [3.8, 4) is 17.0 Å². The number of carbonyl (C=O) groups is 1. The third-order valence-corrected chi connectivity index (χ3v) is 6.43. The number of nitrogens with zero attached hydrogens (tertiary/aromatic N) is 3. The molecule has 0 aliphatic carbocycles. The Balaban J connectivity index is 1.48. The van der Waals surface area contributed by atoms with Gasteiger partial charge in [-0.3, -0.25) is 4.90 Å². The fourth-order valence-corrected chi connectivity index (χ4v) is 4.87. The Labute approximate surface area is 184 Å². The molecule has 31 heavy (non-hydrogen) atoms. The summed E-state index contributed by atoms with van der Waals surface area (Å²) >= 11 is 0. The quantitative estimate of drug-likeness (QED) is 0.729. The van der Waals surface area contributed by atoms with Gasteiger partial charge in [0.15, 0.2) is 0 Å². The van der Waals surface area contributed by atoms with Gasteiger partial charge in [0.05, 0.1) is 12.8 Å². The lowest BCUT2D eigenvalue weighted by molar-refractivity contribution is -0.00346. The topological polar surface area (TPSA) is 76.6 Å². The number of fused-ring (bicyclic) bond motifs is 3. The first-order chi connectivity index (χ1) is 15.1. The van der Waals surface area contributed by atoms with Crippen LogP contribution >= 0.6 is 0 Å². The number of aromatic nitrogens is 2. The van der Waals surface area contributed by atoms with E-state index in [1.54, 1.807) is 7.11 Å². The van der Waals surface area contributed by atoms with Crippen molar-refractivity contribution in [2.75, 3.05) is 33.4 Å². The second-order valence-electron chi connectivity index (χ2n) is 8.49. The van der Waals surface area contributed by atoms with Crippen LogP contribution in [-0.4, -0.2) is 60.4 Å². The van der Waals surface area contributed by atoms with E-state index in [-0.39, 0.29) is 6.09 Å². The lowest BCUT2D eigenvalue weighted by atomic mass is 9.74. The summed E-state index contributed by atoms with van der Waals surface area (Å²) < 4.78 is 11.0. The molecule has 5 rings (SSSR count). The zero-order valence-corrected chi connectivity index (χ0v) is 18.6. The molecule has 1 amide bonds. The van der Waals surface area contributed by atoms with Gasteiger partial charge >= 0.3 is 6.09 Å². The highest BCUT2D eigenvalue weighted by Crippen LogP contribution is 2.42. The molecule has 4 heterocycles. The van der Waals surface area contributed by atoms with E-state index < -0.39 is 0 Å². The van der Waals surface area contributed by atoms with Crippen LogP contribution in [0.3, 0.4) is 0 Å². The highest BCUT2D eigenvalue weighted by Gasteiger charge is 2.42. The molecule has 0 saturated carbocycles. The van der Waals surface area contributed by atoms with Crippen LogP contribution in [0.25, 0.3) is 11.3 Å². The number of benzene rings is 1. The standard InChI is InChI=1S/C24H32N4O3/c1-4-10-25-24(29)31-15-18-12-17-9-11-28(18)14-20(17)22-13-21(26-16(2)27-22)19-7-5-6-8-23(19)30-3/h5-8,13,17-18,20H,4,9-12,14-15H2,1-3H3,(H,25,29). The van der Waals surface area contributed by atoms with E-state index in [2.05, 4.69) is 21.3 Å². The largest absolute Gasteiger partial charge is 0.496 e. The van der Waals surface area contributed by atoms with Crippen LogP contribution in [-0.2, 0) is 4.74 Å². The normalized spacial score (nSPS) is 24.6. The van der Waals surface area contributed by atoms with Crippen molar-refractivity contribution in [1.29, 1.82) is 0 Å². The molecule has 4 atom stereocenters. The van der Waals surface area contributed by atoms with Gasteiger partial charge in [0.1, 0.15) is 18.2 Å².